The Morgan fingerprint density at radius 1 is 1.24 bits per heavy atom. The first kappa shape index (κ1) is 15.5. The predicted octanol–water partition coefficient (Wildman–Crippen LogP) is 1.46. The third-order valence-electron chi connectivity index (χ3n) is 4.03. The van der Waals surface area contributed by atoms with E-state index in [1.807, 2.05) is 30.3 Å². The van der Waals surface area contributed by atoms with Crippen molar-refractivity contribution >= 4 is 11.9 Å². The van der Waals surface area contributed by atoms with Gasteiger partial charge in [0.15, 0.2) is 0 Å². The van der Waals surface area contributed by atoms with E-state index in [-0.39, 0.29) is 18.7 Å². The highest BCUT2D eigenvalue weighted by atomic mass is 16.4. The van der Waals surface area contributed by atoms with Gasteiger partial charge in [-0.3, -0.25) is 4.79 Å². The molecule has 0 unspecified atom stereocenters. The van der Waals surface area contributed by atoms with Crippen LogP contribution in [0.5, 0.6) is 0 Å². The number of aliphatic carboxylic acids is 1. The van der Waals surface area contributed by atoms with Crippen LogP contribution in [0.4, 0.5) is 0 Å². The molecule has 1 aliphatic carbocycles. The van der Waals surface area contributed by atoms with Crippen molar-refractivity contribution in [1.82, 2.24) is 5.32 Å². The molecule has 0 bridgehead atoms. The number of rotatable bonds is 6. The molecule has 1 amide bonds. The highest BCUT2D eigenvalue weighted by Crippen LogP contribution is 2.29. The highest BCUT2D eigenvalue weighted by molar-refractivity contribution is 5.84. The molecule has 1 aromatic rings. The number of benzene rings is 1. The van der Waals surface area contributed by atoms with Crippen LogP contribution < -0.4 is 11.1 Å². The van der Waals surface area contributed by atoms with E-state index in [0.29, 0.717) is 0 Å². The molecule has 1 aromatic carbocycles. The maximum Gasteiger partial charge on any atom is 0.326 e. The van der Waals surface area contributed by atoms with Gasteiger partial charge >= 0.3 is 5.97 Å². The van der Waals surface area contributed by atoms with Crippen molar-refractivity contribution in [3.05, 3.63) is 35.9 Å². The van der Waals surface area contributed by atoms with Crippen LogP contribution in [0, 0.1) is 0 Å². The number of carboxylic acids is 1. The molecule has 0 saturated heterocycles. The van der Waals surface area contributed by atoms with Gasteiger partial charge in [-0.1, -0.05) is 43.2 Å². The summed E-state index contributed by atoms with van der Waals surface area (Å²) in [5, 5.41) is 11.9. The number of carboxylic acid groups (broad SMARTS) is 1. The van der Waals surface area contributed by atoms with Crippen molar-refractivity contribution in [3.63, 3.8) is 0 Å². The zero-order chi connectivity index (χ0) is 15.3. The Labute approximate surface area is 124 Å². The molecule has 1 atom stereocenters. The van der Waals surface area contributed by atoms with Gasteiger partial charge in [0.1, 0.15) is 6.04 Å². The van der Waals surface area contributed by atoms with E-state index in [0.717, 1.165) is 31.2 Å². The first-order chi connectivity index (χ1) is 9.98. The van der Waals surface area contributed by atoms with E-state index < -0.39 is 17.6 Å². The Balaban J connectivity index is 1.93. The Morgan fingerprint density at radius 2 is 1.86 bits per heavy atom. The quantitative estimate of drug-likeness (QED) is 0.739. The topological polar surface area (TPSA) is 92.4 Å². The van der Waals surface area contributed by atoms with Crippen LogP contribution in [0.25, 0.3) is 0 Å². The maximum atomic E-state index is 12.1. The standard InChI is InChI=1S/C16H22N2O3/c17-16(8-4-5-9-16)11-14(19)18-13(15(20)21)10-12-6-2-1-3-7-12/h1-3,6-7,13H,4-5,8-11,17H2,(H,18,19)(H,20,21)/t13-/m0/s1. The van der Waals surface area contributed by atoms with Crippen LogP contribution in [0.3, 0.4) is 0 Å². The van der Waals surface area contributed by atoms with E-state index >= 15 is 0 Å². The summed E-state index contributed by atoms with van der Waals surface area (Å²) in [5.74, 6) is -1.30. The molecule has 1 fully saturated rings. The van der Waals surface area contributed by atoms with Gasteiger partial charge in [0.25, 0.3) is 0 Å². The number of carbonyl (C=O) groups excluding carboxylic acids is 1. The van der Waals surface area contributed by atoms with E-state index in [1.165, 1.54) is 0 Å². The molecular weight excluding hydrogens is 268 g/mol. The van der Waals surface area contributed by atoms with Gasteiger partial charge in [0.05, 0.1) is 0 Å². The second kappa shape index (κ2) is 6.72. The monoisotopic (exact) mass is 290 g/mol. The molecule has 0 heterocycles. The van der Waals surface area contributed by atoms with E-state index in [2.05, 4.69) is 5.32 Å². The SMILES string of the molecule is NC1(CC(=O)N[C@@H](Cc2ccccc2)C(=O)O)CCCC1. The molecule has 0 aromatic heterocycles. The minimum Gasteiger partial charge on any atom is -0.480 e. The number of hydrogen-bond donors (Lipinski definition) is 3. The van der Waals surface area contributed by atoms with Gasteiger partial charge in [0, 0.05) is 18.4 Å². The summed E-state index contributed by atoms with van der Waals surface area (Å²) < 4.78 is 0. The van der Waals surface area contributed by atoms with Crippen LogP contribution in [-0.2, 0) is 16.0 Å². The van der Waals surface area contributed by atoms with Gasteiger partial charge in [-0.05, 0) is 18.4 Å². The average Bonchev–Trinajstić information content (AvgIpc) is 2.85. The number of nitrogens with two attached hydrogens (primary N) is 1. The van der Waals surface area contributed by atoms with Crippen LogP contribution in [0.15, 0.2) is 30.3 Å². The van der Waals surface area contributed by atoms with Gasteiger partial charge in [0.2, 0.25) is 5.91 Å². The summed E-state index contributed by atoms with van der Waals surface area (Å²) in [6.45, 7) is 0. The molecule has 1 saturated carbocycles. The third-order valence-corrected chi connectivity index (χ3v) is 4.03. The Bertz CT molecular complexity index is 496. The van der Waals surface area contributed by atoms with E-state index in [1.54, 1.807) is 0 Å². The number of carbonyl (C=O) groups is 2. The minimum absolute atomic E-state index is 0.200. The van der Waals surface area contributed by atoms with E-state index in [9.17, 15) is 14.7 Å². The summed E-state index contributed by atoms with van der Waals surface area (Å²) in [7, 11) is 0. The second-order valence-corrected chi connectivity index (χ2v) is 5.89. The van der Waals surface area contributed by atoms with Crippen LogP contribution in [0.2, 0.25) is 0 Å². The van der Waals surface area contributed by atoms with Gasteiger partial charge in [-0.2, -0.15) is 0 Å². The molecule has 114 valence electrons. The third kappa shape index (κ3) is 4.56. The lowest BCUT2D eigenvalue weighted by molar-refractivity contribution is -0.142. The van der Waals surface area contributed by atoms with Crippen molar-refractivity contribution in [2.75, 3.05) is 0 Å². The zero-order valence-corrected chi connectivity index (χ0v) is 12.0. The van der Waals surface area contributed by atoms with Gasteiger partial charge in [-0.15, -0.1) is 0 Å². The average molecular weight is 290 g/mol. The van der Waals surface area contributed by atoms with Crippen molar-refractivity contribution in [2.24, 2.45) is 5.73 Å². The lowest BCUT2D eigenvalue weighted by Gasteiger charge is -2.24. The van der Waals surface area contributed by atoms with E-state index in [4.69, 9.17) is 5.73 Å². The molecule has 0 spiro atoms. The van der Waals surface area contributed by atoms with Crippen LogP contribution in [-0.4, -0.2) is 28.6 Å². The Morgan fingerprint density at radius 3 is 2.43 bits per heavy atom. The molecule has 0 radical (unpaired) electrons. The molecule has 0 aliphatic heterocycles. The summed E-state index contributed by atoms with van der Waals surface area (Å²) in [6.07, 6.45) is 4.21. The van der Waals surface area contributed by atoms with Crippen molar-refractivity contribution < 1.29 is 14.7 Å². The van der Waals surface area contributed by atoms with Crippen molar-refractivity contribution in [1.29, 1.82) is 0 Å². The van der Waals surface area contributed by atoms with Crippen LogP contribution >= 0.6 is 0 Å². The minimum atomic E-state index is -1.02. The van der Waals surface area contributed by atoms with Crippen molar-refractivity contribution in [3.8, 4) is 0 Å². The Kier molecular flexibility index (Phi) is 4.96. The summed E-state index contributed by atoms with van der Waals surface area (Å²) >= 11 is 0. The molecule has 2 rings (SSSR count). The molecule has 5 nitrogen and oxygen atoms in total. The molecule has 21 heavy (non-hydrogen) atoms. The smallest absolute Gasteiger partial charge is 0.326 e. The lowest BCUT2D eigenvalue weighted by atomic mass is 9.94. The fraction of sp³-hybridized carbons (Fsp3) is 0.500. The van der Waals surface area contributed by atoms with Crippen LogP contribution in [0.1, 0.15) is 37.7 Å². The lowest BCUT2D eigenvalue weighted by Crippen LogP contribution is -2.47. The second-order valence-electron chi connectivity index (χ2n) is 5.89. The summed E-state index contributed by atoms with van der Waals surface area (Å²) in [5.41, 5.74) is 6.58. The summed E-state index contributed by atoms with van der Waals surface area (Å²) in [6, 6.07) is 8.36. The zero-order valence-electron chi connectivity index (χ0n) is 12.0. The number of nitrogens with one attached hydrogen (secondary N) is 1. The van der Waals surface area contributed by atoms with Gasteiger partial charge < -0.3 is 16.2 Å². The number of hydrogen-bond acceptors (Lipinski definition) is 3. The molecule has 1 aliphatic rings. The largest absolute Gasteiger partial charge is 0.480 e. The maximum absolute atomic E-state index is 12.1. The fourth-order valence-corrected chi connectivity index (χ4v) is 2.87. The Hall–Kier alpha value is -1.88. The van der Waals surface area contributed by atoms with Crippen molar-refractivity contribution in [2.45, 2.75) is 50.1 Å². The normalized spacial score (nSPS) is 18.1. The van der Waals surface area contributed by atoms with Gasteiger partial charge in [-0.25, -0.2) is 4.79 Å². The fourth-order valence-electron chi connectivity index (χ4n) is 2.87. The first-order valence-electron chi connectivity index (χ1n) is 7.33. The molecule has 4 N–H and O–H groups in total. The summed E-state index contributed by atoms with van der Waals surface area (Å²) in [4.78, 5) is 23.4. The highest BCUT2D eigenvalue weighted by Gasteiger charge is 2.32. The molecular formula is C16H22N2O3. The predicted molar refractivity (Wildman–Crippen MR) is 79.7 cm³/mol. The molecule has 5 heteroatoms. The first-order valence-corrected chi connectivity index (χ1v) is 7.33. The number of amides is 1.